The Bertz CT molecular complexity index is 918. The van der Waals surface area contributed by atoms with E-state index < -0.39 is 5.91 Å². The summed E-state index contributed by atoms with van der Waals surface area (Å²) < 4.78 is 10.9. The number of ether oxygens (including phenoxy) is 2. The summed E-state index contributed by atoms with van der Waals surface area (Å²) in [6.07, 6.45) is 5.55. The van der Waals surface area contributed by atoms with Crippen LogP contribution in [0.2, 0.25) is 0 Å². The number of carbonyl (C=O) groups excluding carboxylic acids is 2. The van der Waals surface area contributed by atoms with Crippen molar-refractivity contribution in [3.8, 4) is 11.5 Å². The zero-order valence-corrected chi connectivity index (χ0v) is 19.3. The molecule has 6 heteroatoms. The van der Waals surface area contributed by atoms with Gasteiger partial charge in [0.15, 0.2) is 18.1 Å². The second-order valence-electron chi connectivity index (χ2n) is 8.74. The topological polar surface area (TPSA) is 81.9 Å². The van der Waals surface area contributed by atoms with Gasteiger partial charge in [-0.2, -0.15) is 0 Å². The molecule has 2 N–H and O–H groups in total. The van der Waals surface area contributed by atoms with Gasteiger partial charge in [0.05, 0.1) is 7.11 Å². The molecule has 0 unspecified atom stereocenters. The van der Waals surface area contributed by atoms with Crippen molar-refractivity contribution in [2.24, 2.45) is 5.73 Å². The van der Waals surface area contributed by atoms with E-state index in [1.165, 1.54) is 12.0 Å². The summed E-state index contributed by atoms with van der Waals surface area (Å²) in [7, 11) is 1.55. The molecule has 0 atom stereocenters. The Balaban J connectivity index is 1.84. The Morgan fingerprint density at radius 1 is 1.03 bits per heavy atom. The standard InChI is InChI=1S/C26H34N2O4/c1-18(2)20-10-12-21(13-11-20)26(30)28(22-7-5-4-6-8-22)16-19-9-14-23(24(15-19)31-3)32-17-25(27)29/h9-15,18,22H,4-8,16-17H2,1-3H3,(H2,27,29). The minimum Gasteiger partial charge on any atom is -0.493 e. The smallest absolute Gasteiger partial charge is 0.255 e. The number of hydrogen-bond donors (Lipinski definition) is 1. The van der Waals surface area contributed by atoms with E-state index in [0.717, 1.165) is 31.2 Å². The van der Waals surface area contributed by atoms with Crippen LogP contribution in [0.5, 0.6) is 11.5 Å². The number of rotatable bonds is 9. The first kappa shape index (κ1) is 23.6. The van der Waals surface area contributed by atoms with Crippen molar-refractivity contribution in [1.82, 2.24) is 4.90 Å². The summed E-state index contributed by atoms with van der Waals surface area (Å²) >= 11 is 0. The fraction of sp³-hybridized carbons (Fsp3) is 0.462. The fourth-order valence-corrected chi connectivity index (χ4v) is 4.21. The van der Waals surface area contributed by atoms with E-state index in [0.29, 0.717) is 29.5 Å². The lowest BCUT2D eigenvalue weighted by molar-refractivity contribution is -0.119. The van der Waals surface area contributed by atoms with Gasteiger partial charge in [-0.05, 0) is 54.2 Å². The molecule has 0 aliphatic heterocycles. The Hall–Kier alpha value is -3.02. The van der Waals surface area contributed by atoms with Crippen LogP contribution < -0.4 is 15.2 Å². The Morgan fingerprint density at radius 3 is 2.31 bits per heavy atom. The van der Waals surface area contributed by atoms with Gasteiger partial charge in [0.1, 0.15) is 0 Å². The SMILES string of the molecule is COc1cc(CN(C(=O)c2ccc(C(C)C)cc2)C2CCCCC2)ccc1OCC(N)=O. The average molecular weight is 439 g/mol. The summed E-state index contributed by atoms with van der Waals surface area (Å²) in [5, 5.41) is 0. The predicted octanol–water partition coefficient (Wildman–Crippen LogP) is 4.66. The Labute approximate surface area is 190 Å². The van der Waals surface area contributed by atoms with Crippen LogP contribution in [-0.2, 0) is 11.3 Å². The molecule has 1 fully saturated rings. The normalized spacial score (nSPS) is 14.2. The first-order valence-electron chi connectivity index (χ1n) is 11.4. The van der Waals surface area contributed by atoms with Crippen LogP contribution in [0.15, 0.2) is 42.5 Å². The lowest BCUT2D eigenvalue weighted by atomic mass is 9.93. The van der Waals surface area contributed by atoms with E-state index in [1.54, 1.807) is 13.2 Å². The molecule has 1 aliphatic carbocycles. The van der Waals surface area contributed by atoms with Crippen molar-refractivity contribution in [3.05, 3.63) is 59.2 Å². The van der Waals surface area contributed by atoms with Gasteiger partial charge in [0, 0.05) is 18.2 Å². The predicted molar refractivity (Wildman–Crippen MR) is 125 cm³/mol. The summed E-state index contributed by atoms with van der Waals surface area (Å²) in [4.78, 5) is 26.6. The first-order chi connectivity index (χ1) is 15.4. The lowest BCUT2D eigenvalue weighted by Gasteiger charge is -2.35. The zero-order chi connectivity index (χ0) is 23.1. The quantitative estimate of drug-likeness (QED) is 0.617. The minimum atomic E-state index is -0.548. The van der Waals surface area contributed by atoms with E-state index in [9.17, 15) is 9.59 Å². The number of hydrogen-bond acceptors (Lipinski definition) is 4. The number of carbonyl (C=O) groups is 2. The highest BCUT2D eigenvalue weighted by atomic mass is 16.5. The Morgan fingerprint density at radius 2 is 1.72 bits per heavy atom. The summed E-state index contributed by atoms with van der Waals surface area (Å²) in [5.74, 6) is 0.904. The molecule has 0 heterocycles. The molecule has 3 rings (SSSR count). The van der Waals surface area contributed by atoms with Gasteiger partial charge in [-0.15, -0.1) is 0 Å². The molecule has 6 nitrogen and oxygen atoms in total. The van der Waals surface area contributed by atoms with Gasteiger partial charge in [-0.25, -0.2) is 0 Å². The molecule has 0 bridgehead atoms. The number of nitrogens with two attached hydrogens (primary N) is 1. The summed E-state index contributed by atoms with van der Waals surface area (Å²) in [6.45, 7) is 4.57. The molecule has 2 aromatic rings. The van der Waals surface area contributed by atoms with Crippen molar-refractivity contribution < 1.29 is 19.1 Å². The molecule has 172 valence electrons. The van der Waals surface area contributed by atoms with E-state index in [4.69, 9.17) is 15.2 Å². The highest BCUT2D eigenvalue weighted by molar-refractivity contribution is 5.94. The van der Waals surface area contributed by atoms with Crippen LogP contribution in [0, 0.1) is 0 Å². The van der Waals surface area contributed by atoms with E-state index in [2.05, 4.69) is 13.8 Å². The number of primary amides is 1. The first-order valence-corrected chi connectivity index (χ1v) is 11.4. The van der Waals surface area contributed by atoms with Gasteiger partial charge in [-0.3, -0.25) is 9.59 Å². The van der Waals surface area contributed by atoms with Crippen molar-refractivity contribution in [1.29, 1.82) is 0 Å². The molecule has 0 radical (unpaired) electrons. The van der Waals surface area contributed by atoms with Gasteiger partial charge >= 0.3 is 0 Å². The summed E-state index contributed by atoms with van der Waals surface area (Å²) in [6, 6.07) is 13.7. The van der Waals surface area contributed by atoms with Gasteiger partial charge in [0.2, 0.25) is 0 Å². The molecule has 0 saturated heterocycles. The third-order valence-corrected chi connectivity index (χ3v) is 6.05. The second-order valence-corrected chi connectivity index (χ2v) is 8.74. The molecule has 0 aromatic heterocycles. The van der Waals surface area contributed by atoms with Gasteiger partial charge < -0.3 is 20.1 Å². The number of benzene rings is 2. The van der Waals surface area contributed by atoms with E-state index in [1.807, 2.05) is 41.3 Å². The molecule has 0 spiro atoms. The van der Waals surface area contributed by atoms with Crippen LogP contribution in [0.25, 0.3) is 0 Å². The number of amides is 2. The van der Waals surface area contributed by atoms with Crippen molar-refractivity contribution in [2.75, 3.05) is 13.7 Å². The third kappa shape index (κ3) is 6.02. The zero-order valence-electron chi connectivity index (χ0n) is 19.3. The highest BCUT2D eigenvalue weighted by Crippen LogP contribution is 2.31. The number of nitrogens with zero attached hydrogens (tertiary/aromatic N) is 1. The van der Waals surface area contributed by atoms with Crippen LogP contribution in [0.3, 0.4) is 0 Å². The molecule has 2 amide bonds. The molecule has 1 aliphatic rings. The molecular weight excluding hydrogens is 404 g/mol. The third-order valence-electron chi connectivity index (χ3n) is 6.05. The van der Waals surface area contributed by atoms with Crippen molar-refractivity contribution >= 4 is 11.8 Å². The monoisotopic (exact) mass is 438 g/mol. The van der Waals surface area contributed by atoms with E-state index >= 15 is 0 Å². The lowest BCUT2D eigenvalue weighted by Crippen LogP contribution is -2.41. The molecule has 2 aromatic carbocycles. The average Bonchev–Trinajstić information content (AvgIpc) is 2.81. The summed E-state index contributed by atoms with van der Waals surface area (Å²) in [5.41, 5.74) is 8.07. The largest absolute Gasteiger partial charge is 0.493 e. The maximum absolute atomic E-state index is 13.5. The van der Waals surface area contributed by atoms with E-state index in [-0.39, 0.29) is 18.6 Å². The minimum absolute atomic E-state index is 0.0558. The number of methoxy groups -OCH3 is 1. The van der Waals surface area contributed by atoms with Gasteiger partial charge in [0.25, 0.3) is 11.8 Å². The fourth-order valence-electron chi connectivity index (χ4n) is 4.21. The van der Waals surface area contributed by atoms with Crippen LogP contribution in [0.1, 0.15) is 73.4 Å². The van der Waals surface area contributed by atoms with Crippen LogP contribution in [0.4, 0.5) is 0 Å². The molecule has 1 saturated carbocycles. The maximum Gasteiger partial charge on any atom is 0.255 e. The van der Waals surface area contributed by atoms with Gasteiger partial charge in [-0.1, -0.05) is 51.3 Å². The molecular formula is C26H34N2O4. The van der Waals surface area contributed by atoms with Crippen molar-refractivity contribution in [2.45, 2.75) is 64.5 Å². The Kier molecular flexibility index (Phi) is 8.14. The van der Waals surface area contributed by atoms with Crippen LogP contribution >= 0.6 is 0 Å². The second kappa shape index (κ2) is 11.0. The van der Waals surface area contributed by atoms with Crippen molar-refractivity contribution in [3.63, 3.8) is 0 Å². The maximum atomic E-state index is 13.5. The van der Waals surface area contributed by atoms with Crippen LogP contribution in [-0.4, -0.2) is 36.5 Å². The highest BCUT2D eigenvalue weighted by Gasteiger charge is 2.27. The molecule has 32 heavy (non-hydrogen) atoms.